The van der Waals surface area contributed by atoms with Gasteiger partial charge < -0.3 is 10.2 Å². The number of halogens is 3. The third kappa shape index (κ3) is 6.33. The summed E-state index contributed by atoms with van der Waals surface area (Å²) in [5.74, 6) is 0.602. The molecule has 0 aromatic heterocycles. The van der Waals surface area contributed by atoms with Crippen LogP contribution in [0, 0.1) is 5.92 Å². The maximum Gasteiger partial charge on any atom is 0.389 e. The Kier molecular flexibility index (Phi) is 5.55. The first-order valence-electron chi connectivity index (χ1n) is 5.93. The summed E-state index contributed by atoms with van der Waals surface area (Å²) in [5, 5.41) is 3.31. The van der Waals surface area contributed by atoms with Crippen molar-refractivity contribution in [3.63, 3.8) is 0 Å². The van der Waals surface area contributed by atoms with Crippen LogP contribution >= 0.6 is 0 Å². The molecular formula is C11H21F3N2. The van der Waals surface area contributed by atoms with Crippen molar-refractivity contribution in [2.45, 2.75) is 31.9 Å². The van der Waals surface area contributed by atoms with Gasteiger partial charge in [-0.05, 0) is 51.9 Å². The molecule has 16 heavy (non-hydrogen) atoms. The van der Waals surface area contributed by atoms with Gasteiger partial charge in [-0.2, -0.15) is 13.2 Å². The molecule has 96 valence electrons. The number of alkyl halides is 3. The fourth-order valence-electron chi connectivity index (χ4n) is 2.16. The molecule has 0 saturated carbocycles. The van der Waals surface area contributed by atoms with E-state index < -0.39 is 12.6 Å². The van der Waals surface area contributed by atoms with Gasteiger partial charge in [0.1, 0.15) is 0 Å². The Hall–Kier alpha value is -0.290. The van der Waals surface area contributed by atoms with Crippen LogP contribution in [-0.2, 0) is 0 Å². The summed E-state index contributed by atoms with van der Waals surface area (Å²) >= 11 is 0. The number of hydrogen-bond acceptors (Lipinski definition) is 2. The number of hydrogen-bond donors (Lipinski definition) is 1. The van der Waals surface area contributed by atoms with Crippen LogP contribution in [-0.4, -0.2) is 44.3 Å². The third-order valence-corrected chi connectivity index (χ3v) is 2.97. The molecule has 0 amide bonds. The summed E-state index contributed by atoms with van der Waals surface area (Å²) in [6.45, 7) is 3.53. The number of piperidine rings is 1. The highest BCUT2D eigenvalue weighted by Crippen LogP contribution is 2.21. The fourth-order valence-corrected chi connectivity index (χ4v) is 2.16. The molecule has 1 rings (SSSR count). The van der Waals surface area contributed by atoms with Crippen molar-refractivity contribution in [2.75, 3.05) is 33.2 Å². The van der Waals surface area contributed by atoms with E-state index in [1.54, 1.807) is 0 Å². The lowest BCUT2D eigenvalue weighted by atomic mass is 9.99. The molecule has 1 fully saturated rings. The van der Waals surface area contributed by atoms with E-state index in [1.807, 2.05) is 11.9 Å². The second-order valence-corrected chi connectivity index (χ2v) is 4.69. The van der Waals surface area contributed by atoms with Crippen molar-refractivity contribution in [1.29, 1.82) is 0 Å². The van der Waals surface area contributed by atoms with Crippen LogP contribution < -0.4 is 5.32 Å². The standard InChI is InChI=1S/C11H21F3N2/c1-16(7-3-5-11(12,13)14)9-10-4-2-6-15-8-10/h10,15H,2-9H2,1H3. The highest BCUT2D eigenvalue weighted by Gasteiger charge is 2.26. The van der Waals surface area contributed by atoms with Crippen molar-refractivity contribution >= 4 is 0 Å². The van der Waals surface area contributed by atoms with Gasteiger partial charge in [0.05, 0.1) is 0 Å². The predicted molar refractivity (Wildman–Crippen MR) is 58.4 cm³/mol. The second kappa shape index (κ2) is 6.45. The van der Waals surface area contributed by atoms with E-state index in [1.165, 1.54) is 12.8 Å². The van der Waals surface area contributed by atoms with Crippen molar-refractivity contribution in [1.82, 2.24) is 10.2 Å². The molecule has 1 heterocycles. The molecule has 5 heteroatoms. The Morgan fingerprint density at radius 1 is 1.38 bits per heavy atom. The molecule has 0 spiro atoms. The van der Waals surface area contributed by atoms with Crippen molar-refractivity contribution in [3.05, 3.63) is 0 Å². The molecule has 0 aromatic rings. The highest BCUT2D eigenvalue weighted by molar-refractivity contribution is 4.71. The van der Waals surface area contributed by atoms with Crippen molar-refractivity contribution in [2.24, 2.45) is 5.92 Å². The summed E-state index contributed by atoms with van der Waals surface area (Å²) in [6, 6.07) is 0. The molecule has 1 aliphatic rings. The average Bonchev–Trinajstić information content (AvgIpc) is 2.17. The molecule has 0 radical (unpaired) electrons. The number of nitrogens with one attached hydrogen (secondary N) is 1. The molecule has 1 unspecified atom stereocenters. The Labute approximate surface area is 95.2 Å². The predicted octanol–water partition coefficient (Wildman–Crippen LogP) is 2.26. The zero-order valence-corrected chi connectivity index (χ0v) is 9.82. The lowest BCUT2D eigenvalue weighted by Crippen LogP contribution is -2.37. The van der Waals surface area contributed by atoms with Crippen LogP contribution in [0.15, 0.2) is 0 Å². The quantitative estimate of drug-likeness (QED) is 0.790. The Balaban J connectivity index is 2.08. The van der Waals surface area contributed by atoms with Gasteiger partial charge in [-0.1, -0.05) is 0 Å². The Morgan fingerprint density at radius 2 is 2.12 bits per heavy atom. The van der Waals surface area contributed by atoms with Crippen LogP contribution in [0.4, 0.5) is 13.2 Å². The monoisotopic (exact) mass is 238 g/mol. The molecule has 1 saturated heterocycles. The first kappa shape index (κ1) is 13.8. The fraction of sp³-hybridized carbons (Fsp3) is 1.00. The zero-order valence-electron chi connectivity index (χ0n) is 9.82. The summed E-state index contributed by atoms with van der Waals surface area (Å²) in [5.41, 5.74) is 0. The lowest BCUT2D eigenvalue weighted by molar-refractivity contribution is -0.136. The molecule has 0 aromatic carbocycles. The zero-order chi connectivity index (χ0) is 12.0. The van der Waals surface area contributed by atoms with E-state index in [2.05, 4.69) is 5.32 Å². The molecule has 1 N–H and O–H groups in total. The number of rotatable bonds is 5. The van der Waals surface area contributed by atoms with Gasteiger partial charge in [0, 0.05) is 13.0 Å². The minimum absolute atomic E-state index is 0.208. The topological polar surface area (TPSA) is 15.3 Å². The van der Waals surface area contributed by atoms with Crippen LogP contribution in [0.1, 0.15) is 25.7 Å². The van der Waals surface area contributed by atoms with Gasteiger partial charge in [0.25, 0.3) is 0 Å². The maximum absolute atomic E-state index is 11.9. The smallest absolute Gasteiger partial charge is 0.316 e. The van der Waals surface area contributed by atoms with Gasteiger partial charge >= 0.3 is 6.18 Å². The highest BCUT2D eigenvalue weighted by atomic mass is 19.4. The van der Waals surface area contributed by atoms with Crippen molar-refractivity contribution < 1.29 is 13.2 Å². The van der Waals surface area contributed by atoms with E-state index in [9.17, 15) is 13.2 Å². The summed E-state index contributed by atoms with van der Waals surface area (Å²) in [4.78, 5) is 2.02. The van der Waals surface area contributed by atoms with E-state index >= 15 is 0 Å². The van der Waals surface area contributed by atoms with Crippen LogP contribution in [0.2, 0.25) is 0 Å². The Bertz CT molecular complexity index is 188. The third-order valence-electron chi connectivity index (χ3n) is 2.97. The maximum atomic E-state index is 11.9. The minimum atomic E-state index is -4.01. The second-order valence-electron chi connectivity index (χ2n) is 4.69. The molecular weight excluding hydrogens is 217 g/mol. The largest absolute Gasteiger partial charge is 0.389 e. The lowest BCUT2D eigenvalue weighted by Gasteiger charge is -2.27. The Morgan fingerprint density at radius 3 is 2.69 bits per heavy atom. The van der Waals surface area contributed by atoms with Crippen molar-refractivity contribution in [3.8, 4) is 0 Å². The van der Waals surface area contributed by atoms with Gasteiger partial charge in [0.15, 0.2) is 0 Å². The molecule has 2 nitrogen and oxygen atoms in total. The normalized spacial score (nSPS) is 22.7. The first-order chi connectivity index (χ1) is 7.47. The minimum Gasteiger partial charge on any atom is -0.316 e. The van der Waals surface area contributed by atoms with Gasteiger partial charge in [-0.3, -0.25) is 0 Å². The van der Waals surface area contributed by atoms with Gasteiger partial charge in [-0.25, -0.2) is 0 Å². The van der Waals surface area contributed by atoms with Crippen LogP contribution in [0.3, 0.4) is 0 Å². The van der Waals surface area contributed by atoms with Crippen LogP contribution in [0.25, 0.3) is 0 Å². The van der Waals surface area contributed by atoms with Crippen LogP contribution in [0.5, 0.6) is 0 Å². The SMILES string of the molecule is CN(CCCC(F)(F)F)CC1CCCNC1. The van der Waals surface area contributed by atoms with E-state index in [-0.39, 0.29) is 6.42 Å². The molecule has 1 atom stereocenters. The molecule has 1 aliphatic heterocycles. The summed E-state index contributed by atoms with van der Waals surface area (Å²) < 4.78 is 35.8. The first-order valence-corrected chi connectivity index (χ1v) is 5.93. The summed E-state index contributed by atoms with van der Waals surface area (Å²) in [6.07, 6.45) is -2.09. The van der Waals surface area contributed by atoms with Gasteiger partial charge in [0.2, 0.25) is 0 Å². The average molecular weight is 238 g/mol. The van der Waals surface area contributed by atoms with Gasteiger partial charge in [-0.15, -0.1) is 0 Å². The van der Waals surface area contributed by atoms with E-state index in [0.717, 1.165) is 19.6 Å². The van der Waals surface area contributed by atoms with E-state index in [0.29, 0.717) is 12.5 Å². The summed E-state index contributed by atoms with van der Waals surface area (Å²) in [7, 11) is 1.91. The molecule has 0 bridgehead atoms. The number of nitrogens with zero attached hydrogens (tertiary/aromatic N) is 1. The molecule has 0 aliphatic carbocycles. The van der Waals surface area contributed by atoms with E-state index in [4.69, 9.17) is 0 Å².